The van der Waals surface area contributed by atoms with Gasteiger partial charge in [0.05, 0.1) is 4.47 Å². The van der Waals surface area contributed by atoms with Crippen LogP contribution >= 0.6 is 50.7 Å². The van der Waals surface area contributed by atoms with Crippen molar-refractivity contribution in [1.82, 2.24) is 10.2 Å². The highest BCUT2D eigenvalue weighted by atomic mass is 79.9. The average Bonchev–Trinajstić information content (AvgIpc) is 2.75. The van der Waals surface area contributed by atoms with E-state index in [0.717, 1.165) is 12.8 Å². The molecule has 2 aromatic rings. The first-order chi connectivity index (χ1) is 15.3. The van der Waals surface area contributed by atoms with E-state index in [1.165, 1.54) is 4.90 Å². The van der Waals surface area contributed by atoms with Gasteiger partial charge in [-0.25, -0.2) is 0 Å². The van der Waals surface area contributed by atoms with Gasteiger partial charge >= 0.3 is 0 Å². The fourth-order valence-electron chi connectivity index (χ4n) is 3.09. The van der Waals surface area contributed by atoms with Crippen molar-refractivity contribution in [2.24, 2.45) is 0 Å². The quantitative estimate of drug-likeness (QED) is 0.317. The molecule has 0 fully saturated rings. The molecule has 0 aromatic heterocycles. The third-order valence-electron chi connectivity index (χ3n) is 4.85. The summed E-state index contributed by atoms with van der Waals surface area (Å²) in [5.74, 6) is -0.107. The molecule has 0 saturated carbocycles. The highest BCUT2D eigenvalue weighted by Crippen LogP contribution is 2.29. The highest BCUT2D eigenvalue weighted by Gasteiger charge is 2.30. The van der Waals surface area contributed by atoms with Gasteiger partial charge in [0.1, 0.15) is 11.8 Å². The van der Waals surface area contributed by atoms with Gasteiger partial charge in [0.25, 0.3) is 5.91 Å². The van der Waals surface area contributed by atoms with Crippen LogP contribution < -0.4 is 10.1 Å². The number of hydrogen-bond donors (Lipinski definition) is 1. The molecule has 2 amide bonds. The smallest absolute Gasteiger partial charge is 0.261 e. The van der Waals surface area contributed by atoms with Gasteiger partial charge in [-0.05, 0) is 59.1 Å². The minimum atomic E-state index is -0.691. The molecule has 0 aliphatic heterocycles. The van der Waals surface area contributed by atoms with Crippen molar-refractivity contribution >= 4 is 62.5 Å². The first kappa shape index (κ1) is 26.8. The fraction of sp³-hybridized carbons (Fsp3) is 0.391. The van der Waals surface area contributed by atoms with Crippen LogP contribution in [0.5, 0.6) is 5.75 Å². The van der Waals surface area contributed by atoms with Crippen LogP contribution in [0.25, 0.3) is 0 Å². The van der Waals surface area contributed by atoms with Gasteiger partial charge in [0.2, 0.25) is 5.91 Å². The summed E-state index contributed by atoms with van der Waals surface area (Å²) in [4.78, 5) is 27.6. The number of nitrogens with zero attached hydrogens (tertiary/aromatic N) is 1. The Morgan fingerprint density at radius 3 is 2.41 bits per heavy atom. The van der Waals surface area contributed by atoms with Crippen LogP contribution in [0.2, 0.25) is 15.1 Å². The molecule has 0 unspecified atom stereocenters. The van der Waals surface area contributed by atoms with Crippen molar-refractivity contribution in [2.45, 2.75) is 45.7 Å². The molecule has 0 radical (unpaired) electrons. The normalized spacial score (nSPS) is 11.7. The van der Waals surface area contributed by atoms with Crippen LogP contribution in [0.15, 0.2) is 40.9 Å². The monoisotopic (exact) mass is 562 g/mol. The van der Waals surface area contributed by atoms with Crippen molar-refractivity contribution < 1.29 is 14.3 Å². The molecule has 1 atom stereocenters. The van der Waals surface area contributed by atoms with E-state index in [9.17, 15) is 9.59 Å². The summed E-state index contributed by atoms with van der Waals surface area (Å²) >= 11 is 22.0. The Labute approximate surface area is 212 Å². The highest BCUT2D eigenvalue weighted by molar-refractivity contribution is 9.10. The molecule has 0 bridgehead atoms. The zero-order valence-corrected chi connectivity index (χ0v) is 21.8. The molecule has 0 saturated heterocycles. The van der Waals surface area contributed by atoms with Gasteiger partial charge < -0.3 is 15.0 Å². The second-order valence-corrected chi connectivity index (χ2v) is 9.26. The summed E-state index contributed by atoms with van der Waals surface area (Å²) in [5, 5.41) is 4.31. The lowest BCUT2D eigenvalue weighted by Gasteiger charge is -2.31. The number of hydrogen-bond acceptors (Lipinski definition) is 3. The van der Waals surface area contributed by atoms with E-state index < -0.39 is 6.04 Å². The molecule has 0 spiro atoms. The topological polar surface area (TPSA) is 58.6 Å². The molecule has 9 heteroatoms. The summed E-state index contributed by atoms with van der Waals surface area (Å²) < 4.78 is 6.34. The summed E-state index contributed by atoms with van der Waals surface area (Å²) in [5.41, 5.74) is 0.580. The third kappa shape index (κ3) is 7.55. The van der Waals surface area contributed by atoms with Gasteiger partial charge in [-0.1, -0.05) is 61.1 Å². The number of rotatable bonds is 11. The maximum atomic E-state index is 13.2. The summed E-state index contributed by atoms with van der Waals surface area (Å²) in [6.45, 7) is 4.28. The Morgan fingerprint density at radius 1 is 1.12 bits per heavy atom. The number of nitrogens with one attached hydrogen (secondary N) is 1. The fourth-order valence-corrected chi connectivity index (χ4v) is 4.41. The van der Waals surface area contributed by atoms with Gasteiger partial charge in [-0.15, -0.1) is 0 Å². The number of carbonyl (C=O) groups excluding carboxylic acids is 2. The molecule has 0 aliphatic carbocycles. The van der Waals surface area contributed by atoms with Crippen LogP contribution in [0, 0.1) is 0 Å². The number of unbranched alkanes of at least 4 members (excludes halogenated alkanes) is 1. The number of ether oxygens (including phenoxy) is 1. The number of carbonyl (C=O) groups is 2. The molecular formula is C23H26BrCl3N2O3. The van der Waals surface area contributed by atoms with Gasteiger partial charge in [0.15, 0.2) is 6.61 Å². The van der Waals surface area contributed by atoms with E-state index in [-0.39, 0.29) is 25.0 Å². The van der Waals surface area contributed by atoms with Gasteiger partial charge in [-0.2, -0.15) is 0 Å². The Kier molecular flexibility index (Phi) is 11.1. The van der Waals surface area contributed by atoms with Crippen molar-refractivity contribution in [1.29, 1.82) is 0 Å². The van der Waals surface area contributed by atoms with E-state index in [1.54, 1.807) is 36.4 Å². The second-order valence-electron chi connectivity index (χ2n) is 7.15. The largest absolute Gasteiger partial charge is 0.483 e. The lowest BCUT2D eigenvalue weighted by molar-refractivity contribution is -0.143. The van der Waals surface area contributed by atoms with Crippen LogP contribution in [0.3, 0.4) is 0 Å². The van der Waals surface area contributed by atoms with Crippen LogP contribution in [0.1, 0.15) is 38.7 Å². The Balaban J connectivity index is 2.26. The molecular weight excluding hydrogens is 539 g/mol. The predicted molar refractivity (Wildman–Crippen MR) is 134 cm³/mol. The van der Waals surface area contributed by atoms with Crippen molar-refractivity contribution in [3.05, 3.63) is 61.5 Å². The minimum Gasteiger partial charge on any atom is -0.483 e. The molecule has 32 heavy (non-hydrogen) atoms. The third-order valence-corrected chi connectivity index (χ3v) is 6.41. The lowest BCUT2D eigenvalue weighted by Crippen LogP contribution is -2.50. The molecule has 2 aromatic carbocycles. The maximum Gasteiger partial charge on any atom is 0.261 e. The summed E-state index contributed by atoms with van der Waals surface area (Å²) in [7, 11) is 0. The average molecular weight is 565 g/mol. The van der Waals surface area contributed by atoms with Crippen molar-refractivity contribution in [2.75, 3.05) is 13.2 Å². The number of benzene rings is 2. The standard InChI is InChI=1S/C23H26BrCl3N2O3/c1-3-5-11-28-23(31)20(4-2)29(13-16-18(26)7-6-8-19(16)27)22(30)14-32-21-10-9-15(25)12-17(21)24/h6-10,12,20H,3-5,11,13-14H2,1-2H3,(H,28,31)/t20-/m0/s1. The lowest BCUT2D eigenvalue weighted by atomic mass is 10.1. The van der Waals surface area contributed by atoms with E-state index in [2.05, 4.69) is 21.2 Å². The summed E-state index contributed by atoms with van der Waals surface area (Å²) in [6.07, 6.45) is 2.25. The number of halogens is 4. The summed E-state index contributed by atoms with van der Waals surface area (Å²) in [6, 6.07) is 9.47. The molecule has 5 nitrogen and oxygen atoms in total. The first-order valence-electron chi connectivity index (χ1n) is 10.4. The van der Waals surface area contributed by atoms with Crippen molar-refractivity contribution in [3.8, 4) is 5.75 Å². The first-order valence-corrected chi connectivity index (χ1v) is 12.3. The van der Waals surface area contributed by atoms with Crippen LogP contribution in [-0.4, -0.2) is 35.9 Å². The minimum absolute atomic E-state index is 0.0855. The Morgan fingerprint density at radius 2 is 1.81 bits per heavy atom. The van der Waals surface area contributed by atoms with Crippen LogP contribution in [-0.2, 0) is 16.1 Å². The molecule has 1 N–H and O–H groups in total. The zero-order valence-electron chi connectivity index (χ0n) is 18.0. The number of amides is 2. The molecule has 174 valence electrons. The van der Waals surface area contributed by atoms with E-state index in [0.29, 0.717) is 43.8 Å². The van der Waals surface area contributed by atoms with E-state index in [4.69, 9.17) is 39.5 Å². The molecule has 0 heterocycles. The van der Waals surface area contributed by atoms with E-state index in [1.807, 2.05) is 13.8 Å². The molecule has 0 aliphatic rings. The Hall–Kier alpha value is -1.47. The zero-order chi connectivity index (χ0) is 23.7. The second kappa shape index (κ2) is 13.3. The van der Waals surface area contributed by atoms with Crippen molar-refractivity contribution in [3.63, 3.8) is 0 Å². The SMILES string of the molecule is CCCCNC(=O)[C@H](CC)N(Cc1c(Cl)cccc1Cl)C(=O)COc1ccc(Cl)cc1Br. The molecule has 2 rings (SSSR count). The van der Waals surface area contributed by atoms with Crippen LogP contribution in [0.4, 0.5) is 0 Å². The van der Waals surface area contributed by atoms with Gasteiger partial charge in [-0.3, -0.25) is 9.59 Å². The Bertz CT molecular complexity index is 922. The maximum absolute atomic E-state index is 13.2. The van der Waals surface area contributed by atoms with E-state index >= 15 is 0 Å². The van der Waals surface area contributed by atoms with Gasteiger partial charge in [0, 0.05) is 33.7 Å². The predicted octanol–water partition coefficient (Wildman–Crippen LogP) is 6.51.